The molecule has 3 rings (SSSR count). The van der Waals surface area contributed by atoms with E-state index in [9.17, 15) is 4.79 Å². The Morgan fingerprint density at radius 3 is 2.42 bits per heavy atom. The number of carbonyl (C=O) groups is 1. The monoisotopic (exact) mass is 349 g/mol. The van der Waals surface area contributed by atoms with Gasteiger partial charge >= 0.3 is 0 Å². The summed E-state index contributed by atoms with van der Waals surface area (Å²) in [5.41, 5.74) is 4.33. The molecule has 0 radical (unpaired) electrons. The van der Waals surface area contributed by atoms with Gasteiger partial charge in [0.1, 0.15) is 5.69 Å². The molecule has 0 fully saturated rings. The van der Waals surface area contributed by atoms with Crippen LogP contribution in [-0.2, 0) is 0 Å². The summed E-state index contributed by atoms with van der Waals surface area (Å²) in [6.45, 7) is 3.55. The molecule has 0 saturated heterocycles. The number of rotatable bonds is 6. The summed E-state index contributed by atoms with van der Waals surface area (Å²) in [6.07, 6.45) is 1.81. The molecule has 26 heavy (non-hydrogen) atoms. The Morgan fingerprint density at radius 2 is 1.77 bits per heavy atom. The third-order valence-electron chi connectivity index (χ3n) is 4.22. The number of amides is 1. The number of para-hydroxylation sites is 1. The highest BCUT2D eigenvalue weighted by atomic mass is 16.1. The van der Waals surface area contributed by atoms with Gasteiger partial charge in [-0.1, -0.05) is 48.0 Å². The van der Waals surface area contributed by atoms with Crippen LogP contribution in [0.4, 0.5) is 0 Å². The minimum atomic E-state index is -0.0935. The lowest BCUT2D eigenvalue weighted by Gasteiger charge is -2.08. The summed E-state index contributed by atoms with van der Waals surface area (Å²) in [6, 6.07) is 17.9. The summed E-state index contributed by atoms with van der Waals surface area (Å²) in [4.78, 5) is 14.1. The van der Waals surface area contributed by atoms with Gasteiger partial charge in [-0.3, -0.25) is 4.79 Å². The normalized spacial score (nSPS) is 10.9. The van der Waals surface area contributed by atoms with Crippen LogP contribution in [0.3, 0.4) is 0 Å². The lowest BCUT2D eigenvalue weighted by Crippen LogP contribution is -3.06. The largest absolute Gasteiger partial charge is 0.346 e. The summed E-state index contributed by atoms with van der Waals surface area (Å²) in [5, 5.41) is 7.70. The first-order chi connectivity index (χ1) is 12.5. The molecule has 5 nitrogen and oxygen atoms in total. The quantitative estimate of drug-likeness (QED) is 0.712. The molecule has 1 aromatic heterocycles. The summed E-state index contributed by atoms with van der Waals surface area (Å²) >= 11 is 0. The van der Waals surface area contributed by atoms with Gasteiger partial charge in [0.2, 0.25) is 0 Å². The number of nitrogens with one attached hydrogen (secondary N) is 2. The molecule has 134 valence electrons. The number of likely N-dealkylation sites (N-methyl/N-ethyl adjacent to an activating group) is 1. The van der Waals surface area contributed by atoms with Gasteiger partial charge in [0.15, 0.2) is 0 Å². The van der Waals surface area contributed by atoms with Crippen molar-refractivity contribution in [1.29, 1.82) is 0 Å². The van der Waals surface area contributed by atoms with Crippen LogP contribution in [0.2, 0.25) is 0 Å². The van der Waals surface area contributed by atoms with E-state index in [-0.39, 0.29) is 5.91 Å². The SMILES string of the molecule is Cc1ccc(-c2nn(-c3ccccc3)cc2C(=O)NCC[NH+](C)C)cc1. The van der Waals surface area contributed by atoms with Gasteiger partial charge in [-0.15, -0.1) is 0 Å². The maximum Gasteiger partial charge on any atom is 0.255 e. The molecule has 0 bridgehead atoms. The maximum absolute atomic E-state index is 12.8. The van der Waals surface area contributed by atoms with Gasteiger partial charge in [0.25, 0.3) is 5.91 Å². The van der Waals surface area contributed by atoms with Crippen LogP contribution in [-0.4, -0.2) is 42.9 Å². The zero-order valence-electron chi connectivity index (χ0n) is 15.5. The first-order valence-corrected chi connectivity index (χ1v) is 8.84. The highest BCUT2D eigenvalue weighted by molar-refractivity contribution is 5.99. The lowest BCUT2D eigenvalue weighted by molar-refractivity contribution is -0.856. The molecule has 0 aliphatic carbocycles. The number of benzene rings is 2. The van der Waals surface area contributed by atoms with Crippen molar-refractivity contribution in [2.75, 3.05) is 27.2 Å². The molecular formula is C21H25N4O+. The van der Waals surface area contributed by atoms with Crippen molar-refractivity contribution >= 4 is 5.91 Å². The predicted octanol–water partition coefficient (Wildman–Crippen LogP) is 1.72. The van der Waals surface area contributed by atoms with E-state index in [0.717, 1.165) is 17.8 Å². The zero-order valence-corrected chi connectivity index (χ0v) is 15.5. The van der Waals surface area contributed by atoms with E-state index in [1.807, 2.05) is 67.7 Å². The summed E-state index contributed by atoms with van der Waals surface area (Å²) in [7, 11) is 4.13. The Labute approximate surface area is 154 Å². The fourth-order valence-electron chi connectivity index (χ4n) is 2.70. The second-order valence-corrected chi connectivity index (χ2v) is 6.75. The maximum atomic E-state index is 12.8. The Kier molecular flexibility index (Phi) is 5.49. The smallest absolute Gasteiger partial charge is 0.255 e. The number of nitrogens with zero attached hydrogens (tertiary/aromatic N) is 2. The van der Waals surface area contributed by atoms with Gasteiger partial charge in [-0.2, -0.15) is 5.10 Å². The molecule has 0 aliphatic heterocycles. The van der Waals surface area contributed by atoms with E-state index in [2.05, 4.69) is 19.4 Å². The Hall–Kier alpha value is -2.92. The molecule has 0 aliphatic rings. The molecule has 0 atom stereocenters. The molecular weight excluding hydrogens is 324 g/mol. The fourth-order valence-corrected chi connectivity index (χ4v) is 2.70. The summed E-state index contributed by atoms with van der Waals surface area (Å²) < 4.78 is 1.77. The van der Waals surface area contributed by atoms with Crippen LogP contribution in [0.25, 0.3) is 16.9 Å². The highest BCUT2D eigenvalue weighted by Gasteiger charge is 2.18. The van der Waals surface area contributed by atoms with Gasteiger partial charge in [-0.05, 0) is 19.1 Å². The molecule has 0 spiro atoms. The van der Waals surface area contributed by atoms with E-state index >= 15 is 0 Å². The Balaban J connectivity index is 1.96. The average molecular weight is 349 g/mol. The fraction of sp³-hybridized carbons (Fsp3) is 0.238. The minimum absolute atomic E-state index is 0.0935. The molecule has 5 heteroatoms. The molecule has 0 unspecified atom stereocenters. The van der Waals surface area contributed by atoms with Crippen molar-refractivity contribution in [1.82, 2.24) is 15.1 Å². The standard InChI is InChI=1S/C21H24N4O/c1-16-9-11-17(12-10-16)20-19(21(26)22-13-14-24(2)3)15-25(23-20)18-7-5-4-6-8-18/h4-12,15H,13-14H2,1-3H3,(H,22,26)/p+1. The molecule has 2 aromatic carbocycles. The van der Waals surface area contributed by atoms with Crippen LogP contribution in [0.15, 0.2) is 60.8 Å². The van der Waals surface area contributed by atoms with Gasteiger partial charge in [0, 0.05) is 11.8 Å². The molecule has 1 heterocycles. The van der Waals surface area contributed by atoms with Crippen LogP contribution in [0.5, 0.6) is 0 Å². The number of hydrogen-bond donors (Lipinski definition) is 2. The molecule has 1 amide bonds. The second-order valence-electron chi connectivity index (χ2n) is 6.75. The van der Waals surface area contributed by atoms with Crippen molar-refractivity contribution in [2.24, 2.45) is 0 Å². The minimum Gasteiger partial charge on any atom is -0.346 e. The number of carbonyl (C=O) groups excluding carboxylic acids is 1. The summed E-state index contributed by atoms with van der Waals surface area (Å²) in [5.74, 6) is -0.0935. The van der Waals surface area contributed by atoms with Crippen LogP contribution in [0, 0.1) is 6.92 Å². The van der Waals surface area contributed by atoms with E-state index in [4.69, 9.17) is 5.10 Å². The van der Waals surface area contributed by atoms with Crippen molar-refractivity contribution in [3.63, 3.8) is 0 Å². The second kappa shape index (κ2) is 7.97. The topological polar surface area (TPSA) is 51.4 Å². The molecule has 3 aromatic rings. The number of quaternary nitrogens is 1. The van der Waals surface area contributed by atoms with Gasteiger partial charge in [-0.25, -0.2) is 4.68 Å². The highest BCUT2D eigenvalue weighted by Crippen LogP contribution is 2.24. The zero-order chi connectivity index (χ0) is 18.5. The van der Waals surface area contributed by atoms with Crippen LogP contribution in [0.1, 0.15) is 15.9 Å². The average Bonchev–Trinajstić information content (AvgIpc) is 3.08. The first-order valence-electron chi connectivity index (χ1n) is 8.84. The lowest BCUT2D eigenvalue weighted by atomic mass is 10.1. The van der Waals surface area contributed by atoms with Crippen LogP contribution < -0.4 is 10.2 Å². The number of aromatic nitrogens is 2. The van der Waals surface area contributed by atoms with Gasteiger partial charge in [0.05, 0.1) is 38.4 Å². The van der Waals surface area contributed by atoms with E-state index in [1.54, 1.807) is 4.68 Å². The Morgan fingerprint density at radius 1 is 1.08 bits per heavy atom. The van der Waals surface area contributed by atoms with E-state index < -0.39 is 0 Å². The van der Waals surface area contributed by atoms with E-state index in [1.165, 1.54) is 10.5 Å². The van der Waals surface area contributed by atoms with E-state index in [0.29, 0.717) is 17.8 Å². The van der Waals surface area contributed by atoms with Crippen molar-refractivity contribution in [3.8, 4) is 16.9 Å². The van der Waals surface area contributed by atoms with Gasteiger partial charge < -0.3 is 10.2 Å². The van der Waals surface area contributed by atoms with Crippen molar-refractivity contribution in [2.45, 2.75) is 6.92 Å². The third-order valence-corrected chi connectivity index (χ3v) is 4.22. The number of aryl methyl sites for hydroxylation is 1. The molecule has 2 N–H and O–H groups in total. The Bertz CT molecular complexity index is 867. The third kappa shape index (κ3) is 4.18. The first kappa shape index (κ1) is 17.9. The number of hydrogen-bond acceptors (Lipinski definition) is 2. The predicted molar refractivity (Wildman–Crippen MR) is 104 cm³/mol. The van der Waals surface area contributed by atoms with Crippen molar-refractivity contribution < 1.29 is 9.69 Å². The van der Waals surface area contributed by atoms with Crippen LogP contribution >= 0.6 is 0 Å². The van der Waals surface area contributed by atoms with Crippen molar-refractivity contribution in [3.05, 3.63) is 71.9 Å². The molecule has 0 saturated carbocycles.